The fourth-order valence-corrected chi connectivity index (χ4v) is 4.17. The quantitative estimate of drug-likeness (QED) is 0.157. The van der Waals surface area contributed by atoms with E-state index in [1.165, 1.54) is 41.2 Å². The predicted molar refractivity (Wildman–Crippen MR) is 213 cm³/mol. The van der Waals surface area contributed by atoms with Crippen LogP contribution in [0.15, 0.2) is 53.3 Å². The standard InChI is InChI=1S/3C4H6N2O.C4H6N2S.2C3H4N2O.3C3H4N2S/c2*1-3-5-4(2)7-6-3;1-3-4(2)6-7-5-3;1-3-5-4(2)7-6-3;1-3-5-4-2-6-3;1-3-2-4-6-5-3;1-3-5-4-2-6-3;1-3-4-2-5-6-3;1-3-2-4-6-5-3/h4*1-2H3;5*2H,1H3. The molecule has 9 rings (SSSR count). The lowest BCUT2D eigenvalue weighted by atomic mass is 10.4. The van der Waals surface area contributed by atoms with Crippen LogP contribution in [0.25, 0.3) is 0 Å². The van der Waals surface area contributed by atoms with Gasteiger partial charge in [0.25, 0.3) is 0 Å². The van der Waals surface area contributed by atoms with Crippen molar-refractivity contribution in [2.24, 2.45) is 0 Å². The molecule has 9 aromatic heterocycles. The van der Waals surface area contributed by atoms with E-state index in [0.717, 1.165) is 43.6 Å². The first-order valence-electron chi connectivity index (χ1n) is 16.4. The van der Waals surface area contributed by atoms with Gasteiger partial charge in [0, 0.05) is 20.8 Å². The van der Waals surface area contributed by atoms with Crippen LogP contribution in [0.3, 0.4) is 0 Å². The fourth-order valence-electron chi connectivity index (χ4n) is 2.59. The van der Waals surface area contributed by atoms with Crippen molar-refractivity contribution in [3.8, 4) is 0 Å². The molecule has 0 saturated heterocycles. The van der Waals surface area contributed by atoms with Crippen LogP contribution in [0.5, 0.6) is 0 Å². The van der Waals surface area contributed by atoms with E-state index in [-0.39, 0.29) is 0 Å². The summed E-state index contributed by atoms with van der Waals surface area (Å²) in [6.07, 6.45) is 6.15. The average Bonchev–Trinajstić information content (AvgIpc) is 3.99. The second-order valence-corrected chi connectivity index (χ2v) is 14.0. The summed E-state index contributed by atoms with van der Waals surface area (Å²) >= 11 is 5.66. The largest absolute Gasteiger partial charge is 0.428 e. The maximum atomic E-state index is 4.61. The maximum Gasteiger partial charge on any atom is 0.223 e. The van der Waals surface area contributed by atoms with Crippen molar-refractivity contribution in [3.05, 3.63) is 104 Å². The van der Waals surface area contributed by atoms with Crippen LogP contribution >= 0.6 is 46.1 Å². The molecule has 0 atom stereocenters. The highest BCUT2D eigenvalue weighted by Gasteiger charge is 1.94. The monoisotopic (exact) mass is 876 g/mol. The second kappa shape index (κ2) is 30.1. The van der Waals surface area contributed by atoms with Gasteiger partial charge in [0.15, 0.2) is 11.6 Å². The van der Waals surface area contributed by atoms with E-state index in [1.807, 2.05) is 55.4 Å². The first-order chi connectivity index (χ1) is 27.6. The molecule has 0 amide bonds. The molecule has 0 N–H and O–H groups in total. The molecule has 0 unspecified atom stereocenters. The highest BCUT2D eigenvalue weighted by Crippen LogP contribution is 1.99. The molecular formula is C31H44N18O5S4. The molecule has 0 aromatic carbocycles. The van der Waals surface area contributed by atoms with E-state index in [4.69, 9.17) is 0 Å². The van der Waals surface area contributed by atoms with Gasteiger partial charge in [-0.15, -0.1) is 31.7 Å². The third-order valence-corrected chi connectivity index (χ3v) is 7.59. The molecule has 0 aliphatic rings. The van der Waals surface area contributed by atoms with Crippen LogP contribution in [0.4, 0.5) is 0 Å². The Morgan fingerprint density at radius 2 is 1.17 bits per heavy atom. The fraction of sp³-hybridized carbons (Fsp3) is 0.419. The Morgan fingerprint density at radius 1 is 0.517 bits per heavy atom. The summed E-state index contributed by atoms with van der Waals surface area (Å²) in [5, 5.41) is 38.2. The molecule has 9 aromatic rings. The summed E-state index contributed by atoms with van der Waals surface area (Å²) in [7, 11) is 0. The van der Waals surface area contributed by atoms with Gasteiger partial charge in [-0.1, -0.05) is 30.9 Å². The Kier molecular flexibility index (Phi) is 25.9. The third kappa shape index (κ3) is 27.5. The van der Waals surface area contributed by atoms with Gasteiger partial charge in [0.1, 0.15) is 49.8 Å². The van der Waals surface area contributed by atoms with E-state index < -0.39 is 0 Å². The number of nitrogens with zero attached hydrogens (tertiary/aromatic N) is 18. The molecule has 27 heteroatoms. The Hall–Kier alpha value is -6.06. The number of rotatable bonds is 0. The first-order valence-corrected chi connectivity index (χ1v) is 19.5. The van der Waals surface area contributed by atoms with Gasteiger partial charge < -0.3 is 13.5 Å². The zero-order valence-corrected chi connectivity index (χ0v) is 37.4. The van der Waals surface area contributed by atoms with Gasteiger partial charge in [-0.05, 0) is 92.3 Å². The van der Waals surface area contributed by atoms with E-state index in [0.29, 0.717) is 29.3 Å². The lowest BCUT2D eigenvalue weighted by molar-refractivity contribution is 0.302. The van der Waals surface area contributed by atoms with Crippen molar-refractivity contribution in [1.82, 2.24) is 88.8 Å². The maximum absolute atomic E-state index is 4.61. The first kappa shape index (κ1) is 50.0. The highest BCUT2D eigenvalue weighted by atomic mass is 32.1. The summed E-state index contributed by atoms with van der Waals surface area (Å²) in [5.41, 5.74) is 5.25. The number of hydrogen-bond donors (Lipinski definition) is 0. The lowest BCUT2D eigenvalue weighted by Crippen LogP contribution is -1.71. The van der Waals surface area contributed by atoms with Crippen LogP contribution in [0, 0.1) is 90.0 Å². The van der Waals surface area contributed by atoms with E-state index in [2.05, 4.69) is 111 Å². The zero-order chi connectivity index (χ0) is 43.1. The zero-order valence-electron chi connectivity index (χ0n) is 34.1. The molecule has 0 aliphatic heterocycles. The van der Waals surface area contributed by atoms with Gasteiger partial charge in [-0.25, -0.2) is 19.2 Å². The minimum atomic E-state index is 0.606. The van der Waals surface area contributed by atoms with Crippen molar-refractivity contribution in [1.29, 1.82) is 0 Å². The van der Waals surface area contributed by atoms with Crippen LogP contribution in [0.2, 0.25) is 0 Å². The normalized spacial score (nSPS) is 9.12. The molecule has 0 saturated carbocycles. The van der Waals surface area contributed by atoms with Crippen LogP contribution in [-0.2, 0) is 0 Å². The number of aryl methyl sites for hydroxylation is 13. The van der Waals surface area contributed by atoms with Crippen molar-refractivity contribution >= 4 is 46.1 Å². The molecule has 0 fully saturated rings. The lowest BCUT2D eigenvalue weighted by Gasteiger charge is -1.71. The molecule has 0 radical (unpaired) electrons. The van der Waals surface area contributed by atoms with Crippen molar-refractivity contribution < 1.29 is 22.7 Å². The topological polar surface area (TPSA) is 298 Å². The SMILES string of the molecule is Cc1cnon1.Cc1cnsn1.Cc1ncns1.Cc1nnco1.Cc1nncs1.Cc1noc(C)n1.Cc1noc(C)n1.Cc1nonc1C.Cc1nsc(C)n1. The summed E-state index contributed by atoms with van der Waals surface area (Å²) < 4.78 is 37.7. The van der Waals surface area contributed by atoms with E-state index in [1.54, 1.807) is 70.2 Å². The van der Waals surface area contributed by atoms with Crippen LogP contribution in [0.1, 0.15) is 72.9 Å². The summed E-state index contributed by atoms with van der Waals surface area (Å²) in [4.78, 5) is 15.5. The van der Waals surface area contributed by atoms with E-state index >= 15 is 0 Å². The van der Waals surface area contributed by atoms with Crippen molar-refractivity contribution in [3.63, 3.8) is 0 Å². The highest BCUT2D eigenvalue weighted by molar-refractivity contribution is 7.09. The minimum absolute atomic E-state index is 0.606. The van der Waals surface area contributed by atoms with Gasteiger partial charge in [-0.2, -0.15) is 27.5 Å². The van der Waals surface area contributed by atoms with Gasteiger partial charge >= 0.3 is 0 Å². The number of aromatic nitrogens is 18. The molecule has 0 aliphatic carbocycles. The van der Waals surface area contributed by atoms with Gasteiger partial charge in [0.05, 0.1) is 29.8 Å². The number of hydrogen-bond acceptors (Lipinski definition) is 27. The van der Waals surface area contributed by atoms with Crippen LogP contribution < -0.4 is 0 Å². The van der Waals surface area contributed by atoms with Crippen molar-refractivity contribution in [2.75, 3.05) is 0 Å². The molecule has 9 heterocycles. The molecule has 58 heavy (non-hydrogen) atoms. The van der Waals surface area contributed by atoms with Crippen LogP contribution in [-0.4, -0.2) is 88.8 Å². The van der Waals surface area contributed by atoms with Gasteiger partial charge in [-0.3, -0.25) is 0 Å². The Labute approximate surface area is 349 Å². The minimum Gasteiger partial charge on any atom is -0.428 e. The molecule has 0 bridgehead atoms. The Balaban J connectivity index is 0.000000327. The van der Waals surface area contributed by atoms with E-state index in [9.17, 15) is 0 Å². The summed E-state index contributed by atoms with van der Waals surface area (Å²) in [5.74, 6) is 4.11. The molecule has 23 nitrogen and oxygen atoms in total. The molecule has 312 valence electrons. The van der Waals surface area contributed by atoms with Crippen molar-refractivity contribution in [2.45, 2.75) is 90.0 Å². The smallest absolute Gasteiger partial charge is 0.223 e. The Morgan fingerprint density at radius 3 is 1.31 bits per heavy atom. The predicted octanol–water partition coefficient (Wildman–Crippen LogP) is 6.51. The molecular weight excluding hydrogens is 833 g/mol. The Bertz CT molecular complexity index is 1860. The van der Waals surface area contributed by atoms with Gasteiger partial charge in [0.2, 0.25) is 24.1 Å². The average molecular weight is 877 g/mol. The third-order valence-electron chi connectivity index (χ3n) is 5.12. The molecule has 0 spiro atoms. The summed E-state index contributed by atoms with van der Waals surface area (Å²) in [6, 6.07) is 0. The second-order valence-electron chi connectivity index (χ2n) is 10.5. The summed E-state index contributed by atoms with van der Waals surface area (Å²) in [6.45, 7) is 24.0.